The van der Waals surface area contributed by atoms with Gasteiger partial charge in [-0.2, -0.15) is 18.2 Å². The van der Waals surface area contributed by atoms with Gasteiger partial charge in [0.15, 0.2) is 0 Å². The highest BCUT2D eigenvalue weighted by Gasteiger charge is 2.37. The summed E-state index contributed by atoms with van der Waals surface area (Å²) in [4.78, 5) is 31.5. The Morgan fingerprint density at radius 1 is 1.22 bits per heavy atom. The van der Waals surface area contributed by atoms with Gasteiger partial charge < -0.3 is 30.5 Å². The largest absolute Gasteiger partial charge is 0.495 e. The van der Waals surface area contributed by atoms with Crippen LogP contribution in [0.15, 0.2) is 24.4 Å². The molecule has 3 rings (SSSR count). The van der Waals surface area contributed by atoms with Crippen molar-refractivity contribution in [3.05, 3.63) is 35.5 Å². The van der Waals surface area contributed by atoms with Crippen molar-refractivity contribution in [2.75, 3.05) is 17.7 Å². The van der Waals surface area contributed by atoms with Gasteiger partial charge in [-0.1, -0.05) is 6.07 Å². The first-order chi connectivity index (χ1) is 16.7. The maximum atomic E-state index is 13.3. The van der Waals surface area contributed by atoms with Gasteiger partial charge in [0, 0.05) is 18.7 Å². The van der Waals surface area contributed by atoms with E-state index in [4.69, 9.17) is 9.47 Å². The lowest BCUT2D eigenvalue weighted by Gasteiger charge is -2.22. The smallest absolute Gasteiger partial charge is 0.421 e. The SMILES string of the molecule is COc1cc(CC(NC(=O)OC(C)(C)C)C(=O)O)ccc1Nc1ncc(C(F)(F)F)c(NC2CC2)n1. The fourth-order valence-electron chi connectivity index (χ4n) is 3.15. The van der Waals surface area contributed by atoms with Gasteiger partial charge >= 0.3 is 18.2 Å². The molecule has 4 N–H and O–H groups in total. The average molecular weight is 512 g/mol. The van der Waals surface area contributed by atoms with E-state index in [1.54, 1.807) is 39.0 Å². The second kappa shape index (κ2) is 10.5. The summed E-state index contributed by atoms with van der Waals surface area (Å²) in [5, 5.41) is 17.4. The van der Waals surface area contributed by atoms with E-state index < -0.39 is 35.4 Å². The van der Waals surface area contributed by atoms with Gasteiger partial charge in [0.2, 0.25) is 5.95 Å². The molecule has 2 aromatic rings. The maximum Gasteiger partial charge on any atom is 0.421 e. The Bertz CT molecular complexity index is 1120. The van der Waals surface area contributed by atoms with Crippen LogP contribution in [-0.2, 0) is 22.1 Å². The molecule has 1 unspecified atom stereocenters. The fraction of sp³-hybridized carbons (Fsp3) is 0.478. The Morgan fingerprint density at radius 3 is 2.47 bits per heavy atom. The molecule has 1 aromatic carbocycles. The Morgan fingerprint density at radius 2 is 1.92 bits per heavy atom. The quantitative estimate of drug-likeness (QED) is 0.388. The first-order valence-corrected chi connectivity index (χ1v) is 11.1. The molecule has 0 spiro atoms. The van der Waals surface area contributed by atoms with Crippen LogP contribution in [0.4, 0.5) is 35.4 Å². The van der Waals surface area contributed by atoms with E-state index in [0.717, 1.165) is 12.8 Å². The van der Waals surface area contributed by atoms with Crippen molar-refractivity contribution >= 4 is 29.5 Å². The molecule has 10 nitrogen and oxygen atoms in total. The molecule has 1 atom stereocenters. The average Bonchev–Trinajstić information content (AvgIpc) is 3.56. The van der Waals surface area contributed by atoms with Crippen molar-refractivity contribution in [3.63, 3.8) is 0 Å². The van der Waals surface area contributed by atoms with E-state index in [2.05, 4.69) is 25.9 Å². The minimum absolute atomic E-state index is 0.0564. The number of alkyl halides is 3. The molecule has 0 bridgehead atoms. The van der Waals surface area contributed by atoms with Crippen LogP contribution >= 0.6 is 0 Å². The van der Waals surface area contributed by atoms with Gasteiger partial charge in [0.1, 0.15) is 28.8 Å². The number of hydrogen-bond donors (Lipinski definition) is 4. The molecule has 1 aromatic heterocycles. The molecular formula is C23H28F3N5O5. The molecule has 1 amide bonds. The third-order valence-corrected chi connectivity index (χ3v) is 4.95. The zero-order valence-electron chi connectivity index (χ0n) is 20.2. The molecule has 1 aliphatic rings. The van der Waals surface area contributed by atoms with E-state index in [1.165, 1.54) is 7.11 Å². The summed E-state index contributed by atoms with van der Waals surface area (Å²) in [6.07, 6.45) is -3.31. The second-order valence-corrected chi connectivity index (χ2v) is 9.27. The van der Waals surface area contributed by atoms with Crippen LogP contribution in [0, 0.1) is 0 Å². The molecule has 196 valence electrons. The Hall–Kier alpha value is -3.77. The molecule has 0 saturated heterocycles. The van der Waals surface area contributed by atoms with Gasteiger partial charge in [-0.05, 0) is 51.3 Å². The van der Waals surface area contributed by atoms with Crippen molar-refractivity contribution in [1.29, 1.82) is 0 Å². The lowest BCUT2D eigenvalue weighted by molar-refractivity contribution is -0.139. The van der Waals surface area contributed by atoms with Crippen LogP contribution in [0.25, 0.3) is 0 Å². The van der Waals surface area contributed by atoms with Gasteiger partial charge in [0.05, 0.1) is 12.8 Å². The molecule has 1 aliphatic carbocycles. The highest BCUT2D eigenvalue weighted by molar-refractivity contribution is 5.80. The van der Waals surface area contributed by atoms with E-state index in [9.17, 15) is 27.9 Å². The van der Waals surface area contributed by atoms with Crippen molar-refractivity contribution in [2.45, 2.75) is 63.9 Å². The number of ether oxygens (including phenoxy) is 2. The first-order valence-electron chi connectivity index (χ1n) is 11.1. The maximum absolute atomic E-state index is 13.3. The zero-order chi connectivity index (χ0) is 26.7. The predicted molar refractivity (Wildman–Crippen MR) is 124 cm³/mol. The number of nitrogens with zero attached hydrogens (tertiary/aromatic N) is 2. The number of amides is 1. The number of anilines is 3. The number of carbonyl (C=O) groups is 2. The van der Waals surface area contributed by atoms with E-state index >= 15 is 0 Å². The molecular weight excluding hydrogens is 483 g/mol. The number of carboxylic acids is 1. The number of benzene rings is 1. The number of nitrogens with one attached hydrogen (secondary N) is 3. The number of rotatable bonds is 9. The summed E-state index contributed by atoms with van der Waals surface area (Å²) >= 11 is 0. The zero-order valence-corrected chi connectivity index (χ0v) is 20.2. The molecule has 1 saturated carbocycles. The number of aliphatic carboxylic acids is 1. The summed E-state index contributed by atoms with van der Waals surface area (Å²) in [6, 6.07) is 3.36. The highest BCUT2D eigenvalue weighted by Crippen LogP contribution is 2.37. The number of hydrogen-bond acceptors (Lipinski definition) is 8. The second-order valence-electron chi connectivity index (χ2n) is 9.27. The van der Waals surface area contributed by atoms with Gasteiger partial charge in [0.25, 0.3) is 0 Å². The Labute approximate surface area is 205 Å². The minimum Gasteiger partial charge on any atom is -0.495 e. The van der Waals surface area contributed by atoms with Crippen molar-refractivity contribution < 1.29 is 37.3 Å². The first kappa shape index (κ1) is 26.8. The molecule has 0 aliphatic heterocycles. The predicted octanol–water partition coefficient (Wildman–Crippen LogP) is 4.34. The lowest BCUT2D eigenvalue weighted by Crippen LogP contribution is -2.44. The normalized spacial score (nSPS) is 14.5. The summed E-state index contributed by atoms with van der Waals surface area (Å²) in [7, 11) is 1.38. The van der Waals surface area contributed by atoms with Crippen molar-refractivity contribution in [1.82, 2.24) is 15.3 Å². The van der Waals surface area contributed by atoms with Gasteiger partial charge in [-0.25, -0.2) is 14.6 Å². The van der Waals surface area contributed by atoms with Crippen LogP contribution in [0.2, 0.25) is 0 Å². The Kier molecular flexibility index (Phi) is 7.80. The fourth-order valence-corrected chi connectivity index (χ4v) is 3.15. The number of carboxylic acid groups (broad SMARTS) is 1. The third kappa shape index (κ3) is 7.62. The minimum atomic E-state index is -4.61. The number of alkyl carbamates (subject to hydrolysis) is 1. The number of aromatic nitrogens is 2. The standard InChI is InChI=1S/C23H28F3N5O5/c1-22(2,3)36-21(34)30-16(19(32)33)9-12-5-8-15(17(10-12)35-4)29-20-27-11-14(23(24,25)26)18(31-20)28-13-6-7-13/h5,8,10-11,13,16H,6-7,9H2,1-4H3,(H,30,34)(H,32,33)(H2,27,28,29,31). The molecule has 1 fully saturated rings. The highest BCUT2D eigenvalue weighted by atomic mass is 19.4. The number of carbonyl (C=O) groups excluding carboxylic acids is 1. The van der Waals surface area contributed by atoms with Gasteiger partial charge in [-0.3, -0.25) is 0 Å². The number of methoxy groups -OCH3 is 1. The Balaban J connectivity index is 1.77. The summed E-state index contributed by atoms with van der Waals surface area (Å²) < 4.78 is 50.4. The van der Waals surface area contributed by atoms with Crippen LogP contribution < -0.4 is 20.7 Å². The molecule has 36 heavy (non-hydrogen) atoms. The summed E-state index contributed by atoms with van der Waals surface area (Å²) in [5.41, 5.74) is -0.881. The topological polar surface area (TPSA) is 135 Å². The van der Waals surface area contributed by atoms with E-state index in [-0.39, 0.29) is 30.0 Å². The van der Waals surface area contributed by atoms with Crippen LogP contribution in [0.3, 0.4) is 0 Å². The van der Waals surface area contributed by atoms with Crippen LogP contribution in [0.5, 0.6) is 5.75 Å². The summed E-state index contributed by atoms with van der Waals surface area (Å²) in [5.74, 6) is -1.37. The van der Waals surface area contributed by atoms with Crippen molar-refractivity contribution in [2.24, 2.45) is 0 Å². The lowest BCUT2D eigenvalue weighted by atomic mass is 10.0. The molecule has 13 heteroatoms. The molecule has 0 radical (unpaired) electrons. The monoisotopic (exact) mass is 511 g/mol. The van der Waals surface area contributed by atoms with Crippen molar-refractivity contribution in [3.8, 4) is 5.75 Å². The van der Waals surface area contributed by atoms with Gasteiger partial charge in [-0.15, -0.1) is 0 Å². The summed E-state index contributed by atoms with van der Waals surface area (Å²) in [6.45, 7) is 4.97. The molecule has 1 heterocycles. The van der Waals surface area contributed by atoms with Crippen LogP contribution in [-0.4, -0.2) is 51.9 Å². The third-order valence-electron chi connectivity index (χ3n) is 4.95. The van der Waals surface area contributed by atoms with E-state index in [0.29, 0.717) is 17.4 Å². The van der Waals surface area contributed by atoms with Crippen LogP contribution in [0.1, 0.15) is 44.7 Å². The number of halogens is 3. The van der Waals surface area contributed by atoms with E-state index in [1.807, 2.05) is 0 Å².